The van der Waals surface area contributed by atoms with Crippen LogP contribution in [0.1, 0.15) is 24.1 Å². The van der Waals surface area contributed by atoms with E-state index in [1.54, 1.807) is 7.11 Å². The summed E-state index contributed by atoms with van der Waals surface area (Å²) in [6.07, 6.45) is 0.802. The highest BCUT2D eigenvalue weighted by Gasteiger charge is 2.15. The van der Waals surface area contributed by atoms with E-state index in [9.17, 15) is 5.11 Å². The smallest absolute Gasteiger partial charge is 0.123 e. The topological polar surface area (TPSA) is 41.5 Å². The molecule has 3 nitrogen and oxygen atoms in total. The van der Waals surface area contributed by atoms with Gasteiger partial charge in [0.1, 0.15) is 5.75 Å². The number of ether oxygens (including phenoxy) is 1. The van der Waals surface area contributed by atoms with E-state index in [1.165, 1.54) is 5.56 Å². The third kappa shape index (κ3) is 4.31. The third-order valence-corrected chi connectivity index (χ3v) is 3.64. The van der Waals surface area contributed by atoms with Gasteiger partial charge in [0, 0.05) is 17.6 Å². The highest BCUT2D eigenvalue weighted by Crippen LogP contribution is 2.24. The maximum atomic E-state index is 9.62. The lowest BCUT2D eigenvalue weighted by Crippen LogP contribution is -2.36. The van der Waals surface area contributed by atoms with Crippen molar-refractivity contribution in [1.82, 2.24) is 5.32 Å². The van der Waals surface area contributed by atoms with E-state index in [4.69, 9.17) is 4.74 Å². The van der Waals surface area contributed by atoms with Gasteiger partial charge in [-0.25, -0.2) is 0 Å². The fourth-order valence-electron chi connectivity index (χ4n) is 2.54. The molecule has 21 heavy (non-hydrogen) atoms. The maximum Gasteiger partial charge on any atom is 0.123 e. The molecule has 0 aromatic heterocycles. The van der Waals surface area contributed by atoms with E-state index < -0.39 is 0 Å². The molecular formula is C18H23NO2. The number of aliphatic hydroxyl groups excluding tert-OH is 1. The number of methoxy groups -OCH3 is 1. The van der Waals surface area contributed by atoms with Gasteiger partial charge in [-0.3, -0.25) is 0 Å². The summed E-state index contributed by atoms with van der Waals surface area (Å²) in [5, 5.41) is 13.1. The Morgan fingerprint density at radius 1 is 1.05 bits per heavy atom. The molecular weight excluding hydrogens is 262 g/mol. The molecule has 0 amide bonds. The summed E-state index contributed by atoms with van der Waals surface area (Å²) in [6.45, 7) is 2.19. The van der Waals surface area contributed by atoms with Crippen molar-refractivity contribution in [2.45, 2.75) is 25.4 Å². The second-order valence-electron chi connectivity index (χ2n) is 5.20. The van der Waals surface area contributed by atoms with Crippen LogP contribution < -0.4 is 10.1 Å². The zero-order chi connectivity index (χ0) is 15.1. The first-order valence-electron chi connectivity index (χ1n) is 7.28. The lowest BCUT2D eigenvalue weighted by Gasteiger charge is -2.23. The Balaban J connectivity index is 2.04. The summed E-state index contributed by atoms with van der Waals surface area (Å²) in [7, 11) is 1.68. The Morgan fingerprint density at radius 2 is 1.71 bits per heavy atom. The van der Waals surface area contributed by atoms with Crippen molar-refractivity contribution in [3.8, 4) is 5.75 Å². The number of hydrogen-bond donors (Lipinski definition) is 2. The molecule has 0 heterocycles. The molecule has 0 aliphatic carbocycles. The van der Waals surface area contributed by atoms with Crippen LogP contribution in [0.5, 0.6) is 5.75 Å². The molecule has 0 bridgehead atoms. The van der Waals surface area contributed by atoms with Gasteiger partial charge in [0.05, 0.1) is 13.7 Å². The SMILES string of the molecule is COc1ccccc1C(C)N[C@@H](CO)Cc1ccccc1. The first-order valence-corrected chi connectivity index (χ1v) is 7.28. The van der Waals surface area contributed by atoms with Gasteiger partial charge < -0.3 is 15.2 Å². The largest absolute Gasteiger partial charge is 0.496 e. The van der Waals surface area contributed by atoms with Crippen LogP contribution in [0.2, 0.25) is 0 Å². The summed E-state index contributed by atoms with van der Waals surface area (Å²) in [6, 6.07) is 18.3. The molecule has 0 saturated carbocycles. The van der Waals surface area contributed by atoms with Gasteiger partial charge in [-0.15, -0.1) is 0 Å². The fourth-order valence-corrected chi connectivity index (χ4v) is 2.54. The first-order chi connectivity index (χ1) is 10.2. The fraction of sp³-hybridized carbons (Fsp3) is 0.333. The number of para-hydroxylation sites is 1. The molecule has 1 unspecified atom stereocenters. The Morgan fingerprint density at radius 3 is 2.38 bits per heavy atom. The van der Waals surface area contributed by atoms with Crippen LogP contribution in [-0.2, 0) is 6.42 Å². The van der Waals surface area contributed by atoms with Gasteiger partial charge in [0.2, 0.25) is 0 Å². The summed E-state index contributed by atoms with van der Waals surface area (Å²) in [4.78, 5) is 0. The Hall–Kier alpha value is -1.84. The Labute approximate surface area is 126 Å². The van der Waals surface area contributed by atoms with Gasteiger partial charge in [-0.2, -0.15) is 0 Å². The standard InChI is InChI=1S/C18H23NO2/c1-14(17-10-6-7-11-18(17)21-2)19-16(13-20)12-15-8-4-3-5-9-15/h3-11,14,16,19-20H,12-13H2,1-2H3/t14?,16-/m1/s1. The lowest BCUT2D eigenvalue weighted by molar-refractivity contribution is 0.232. The number of nitrogens with one attached hydrogen (secondary N) is 1. The quantitative estimate of drug-likeness (QED) is 0.822. The van der Waals surface area contributed by atoms with Crippen molar-refractivity contribution in [2.75, 3.05) is 13.7 Å². The number of benzene rings is 2. The van der Waals surface area contributed by atoms with E-state index in [2.05, 4.69) is 24.4 Å². The van der Waals surface area contributed by atoms with Gasteiger partial charge >= 0.3 is 0 Å². The minimum absolute atomic E-state index is 0.0207. The van der Waals surface area contributed by atoms with Gasteiger partial charge in [-0.05, 0) is 25.0 Å². The maximum absolute atomic E-state index is 9.62. The van der Waals surface area contributed by atoms with Crippen molar-refractivity contribution in [3.05, 3.63) is 65.7 Å². The first kappa shape index (κ1) is 15.5. The molecule has 0 radical (unpaired) electrons. The molecule has 2 aromatic carbocycles. The Kier molecular flexibility index (Phi) is 5.78. The summed E-state index contributed by atoms with van der Waals surface area (Å²) in [5.41, 5.74) is 2.32. The summed E-state index contributed by atoms with van der Waals surface area (Å²) < 4.78 is 5.40. The highest BCUT2D eigenvalue weighted by atomic mass is 16.5. The average molecular weight is 285 g/mol. The monoisotopic (exact) mass is 285 g/mol. The van der Waals surface area contributed by atoms with Crippen molar-refractivity contribution >= 4 is 0 Å². The van der Waals surface area contributed by atoms with Crippen LogP contribution in [0.3, 0.4) is 0 Å². The molecule has 0 aliphatic heterocycles. The van der Waals surface area contributed by atoms with Gasteiger partial charge in [-0.1, -0.05) is 48.5 Å². The highest BCUT2D eigenvalue weighted by molar-refractivity contribution is 5.35. The van der Waals surface area contributed by atoms with Crippen molar-refractivity contribution in [1.29, 1.82) is 0 Å². The van der Waals surface area contributed by atoms with Crippen molar-refractivity contribution in [2.24, 2.45) is 0 Å². The predicted molar refractivity (Wildman–Crippen MR) is 85.6 cm³/mol. The van der Waals surface area contributed by atoms with Gasteiger partial charge in [0.15, 0.2) is 0 Å². The molecule has 0 aliphatic rings. The lowest BCUT2D eigenvalue weighted by atomic mass is 10.0. The molecule has 0 spiro atoms. The predicted octanol–water partition coefficient (Wildman–Crippen LogP) is 2.95. The number of aliphatic hydroxyl groups is 1. The van der Waals surface area contributed by atoms with Crippen LogP contribution >= 0.6 is 0 Å². The van der Waals surface area contributed by atoms with Crippen LogP contribution in [0.25, 0.3) is 0 Å². The van der Waals surface area contributed by atoms with Crippen molar-refractivity contribution < 1.29 is 9.84 Å². The zero-order valence-corrected chi connectivity index (χ0v) is 12.6. The van der Waals surface area contributed by atoms with Crippen LogP contribution in [0.4, 0.5) is 0 Å². The summed E-state index contributed by atoms with van der Waals surface area (Å²) >= 11 is 0. The third-order valence-electron chi connectivity index (χ3n) is 3.64. The van der Waals surface area contributed by atoms with Crippen LogP contribution in [0, 0.1) is 0 Å². The second-order valence-corrected chi connectivity index (χ2v) is 5.20. The molecule has 0 saturated heterocycles. The molecule has 2 N–H and O–H groups in total. The van der Waals surface area contributed by atoms with Crippen LogP contribution in [0.15, 0.2) is 54.6 Å². The minimum atomic E-state index is 0.0207. The Bertz CT molecular complexity index is 542. The molecule has 2 rings (SSSR count). The normalized spacial score (nSPS) is 13.7. The molecule has 112 valence electrons. The second kappa shape index (κ2) is 7.81. The minimum Gasteiger partial charge on any atom is -0.496 e. The van der Waals surface area contributed by atoms with E-state index in [1.807, 2.05) is 42.5 Å². The number of hydrogen-bond acceptors (Lipinski definition) is 3. The van der Waals surface area contributed by atoms with Gasteiger partial charge in [0.25, 0.3) is 0 Å². The average Bonchev–Trinajstić information content (AvgIpc) is 2.55. The molecule has 3 heteroatoms. The van der Waals surface area contributed by atoms with Crippen LogP contribution in [-0.4, -0.2) is 24.9 Å². The van der Waals surface area contributed by atoms with E-state index >= 15 is 0 Å². The molecule has 0 fully saturated rings. The summed E-state index contributed by atoms with van der Waals surface area (Å²) in [5.74, 6) is 0.869. The number of rotatable bonds is 7. The molecule has 2 aromatic rings. The van der Waals surface area contributed by atoms with Crippen molar-refractivity contribution in [3.63, 3.8) is 0 Å². The zero-order valence-electron chi connectivity index (χ0n) is 12.6. The van der Waals surface area contributed by atoms with E-state index in [0.29, 0.717) is 0 Å². The molecule has 2 atom stereocenters. The van der Waals surface area contributed by atoms with E-state index in [-0.39, 0.29) is 18.7 Å². The van der Waals surface area contributed by atoms with E-state index in [0.717, 1.165) is 17.7 Å².